The van der Waals surface area contributed by atoms with Crippen LogP contribution in [0.1, 0.15) is 22.4 Å². The largest absolute Gasteiger partial charge is 0.497 e. The van der Waals surface area contributed by atoms with E-state index in [1.165, 1.54) is 0 Å². The molecule has 0 aliphatic carbocycles. The number of rotatable bonds is 8. The molecule has 0 atom stereocenters. The van der Waals surface area contributed by atoms with Crippen LogP contribution in [0.5, 0.6) is 23.0 Å². The Hall–Kier alpha value is -3.21. The van der Waals surface area contributed by atoms with Crippen LogP contribution in [0.15, 0.2) is 54.7 Å². The SMILES string of the molecule is COc1ccc(Cc2cccnc2Cc2ccc(OC)cc2OC)c(OC)c1. The second kappa shape index (κ2) is 9.13. The van der Waals surface area contributed by atoms with E-state index in [9.17, 15) is 0 Å². The number of aromatic nitrogens is 1. The summed E-state index contributed by atoms with van der Waals surface area (Å²) in [5, 5.41) is 0. The van der Waals surface area contributed by atoms with E-state index in [0.717, 1.165) is 51.8 Å². The summed E-state index contributed by atoms with van der Waals surface area (Å²) in [7, 11) is 6.63. The van der Waals surface area contributed by atoms with Gasteiger partial charge >= 0.3 is 0 Å². The minimum absolute atomic E-state index is 0.668. The van der Waals surface area contributed by atoms with Gasteiger partial charge in [-0.2, -0.15) is 0 Å². The van der Waals surface area contributed by atoms with Crippen LogP contribution in [0.2, 0.25) is 0 Å². The van der Waals surface area contributed by atoms with Gasteiger partial charge in [0.05, 0.1) is 28.4 Å². The maximum atomic E-state index is 5.55. The van der Waals surface area contributed by atoms with E-state index < -0.39 is 0 Å². The predicted molar refractivity (Wildman–Crippen MR) is 109 cm³/mol. The Bertz CT molecular complexity index is 863. The first-order valence-corrected chi connectivity index (χ1v) is 9.03. The molecule has 0 radical (unpaired) electrons. The van der Waals surface area contributed by atoms with Crippen LogP contribution in [0.3, 0.4) is 0 Å². The van der Waals surface area contributed by atoms with Crippen LogP contribution in [-0.2, 0) is 12.8 Å². The lowest BCUT2D eigenvalue weighted by molar-refractivity contribution is 0.391. The molecule has 146 valence electrons. The maximum absolute atomic E-state index is 5.55. The lowest BCUT2D eigenvalue weighted by Gasteiger charge is -2.14. The average molecular weight is 379 g/mol. The highest BCUT2D eigenvalue weighted by atomic mass is 16.5. The molecule has 3 rings (SSSR count). The molecule has 1 heterocycles. The Balaban J connectivity index is 1.91. The number of methoxy groups -OCH3 is 4. The summed E-state index contributed by atoms with van der Waals surface area (Å²) >= 11 is 0. The third kappa shape index (κ3) is 4.36. The highest BCUT2D eigenvalue weighted by molar-refractivity contribution is 5.46. The Morgan fingerprint density at radius 1 is 0.643 bits per heavy atom. The fourth-order valence-electron chi connectivity index (χ4n) is 3.17. The normalized spacial score (nSPS) is 10.4. The molecule has 0 saturated carbocycles. The van der Waals surface area contributed by atoms with Gasteiger partial charge in [-0.15, -0.1) is 0 Å². The smallest absolute Gasteiger partial charge is 0.126 e. The first-order chi connectivity index (χ1) is 13.7. The van der Waals surface area contributed by atoms with Gasteiger partial charge in [-0.1, -0.05) is 18.2 Å². The van der Waals surface area contributed by atoms with Crippen LogP contribution in [0.4, 0.5) is 0 Å². The Labute approximate surface area is 165 Å². The van der Waals surface area contributed by atoms with Gasteiger partial charge in [0.2, 0.25) is 0 Å². The van der Waals surface area contributed by atoms with Gasteiger partial charge in [-0.25, -0.2) is 0 Å². The van der Waals surface area contributed by atoms with E-state index >= 15 is 0 Å². The second-order valence-corrected chi connectivity index (χ2v) is 6.32. The standard InChI is InChI=1S/C23H25NO4/c1-25-19-9-7-17(22(14-19)27-3)12-16-6-5-11-24-21(16)13-18-8-10-20(26-2)15-23(18)28-4/h5-11,14-15H,12-13H2,1-4H3. The molecule has 0 unspecified atom stereocenters. The molecule has 5 heteroatoms. The van der Waals surface area contributed by atoms with Crippen molar-refractivity contribution in [3.8, 4) is 23.0 Å². The van der Waals surface area contributed by atoms with Crippen molar-refractivity contribution < 1.29 is 18.9 Å². The zero-order valence-electron chi connectivity index (χ0n) is 16.7. The molecule has 0 aliphatic heterocycles. The van der Waals surface area contributed by atoms with Crippen LogP contribution in [0.25, 0.3) is 0 Å². The van der Waals surface area contributed by atoms with E-state index in [1.54, 1.807) is 28.4 Å². The van der Waals surface area contributed by atoms with Gasteiger partial charge in [0, 0.05) is 42.4 Å². The summed E-state index contributed by atoms with van der Waals surface area (Å²) in [6, 6.07) is 15.8. The molecule has 0 aliphatic rings. The van der Waals surface area contributed by atoms with Gasteiger partial charge in [0.1, 0.15) is 23.0 Å². The summed E-state index contributed by atoms with van der Waals surface area (Å²) in [6.45, 7) is 0. The number of ether oxygens (including phenoxy) is 4. The van der Waals surface area contributed by atoms with E-state index in [1.807, 2.05) is 48.7 Å². The number of nitrogens with zero attached hydrogens (tertiary/aromatic N) is 1. The van der Waals surface area contributed by atoms with E-state index in [0.29, 0.717) is 6.42 Å². The quantitative estimate of drug-likeness (QED) is 0.584. The summed E-state index contributed by atoms with van der Waals surface area (Å²) in [6.07, 6.45) is 3.21. The Morgan fingerprint density at radius 2 is 1.21 bits per heavy atom. The topological polar surface area (TPSA) is 49.8 Å². The van der Waals surface area contributed by atoms with E-state index in [4.69, 9.17) is 18.9 Å². The first kappa shape index (κ1) is 19.5. The minimum atomic E-state index is 0.668. The molecule has 0 bridgehead atoms. The summed E-state index contributed by atoms with van der Waals surface area (Å²) in [5.74, 6) is 3.13. The molecule has 1 aromatic heterocycles. The van der Waals surface area contributed by atoms with Crippen molar-refractivity contribution in [2.24, 2.45) is 0 Å². The van der Waals surface area contributed by atoms with E-state index in [-0.39, 0.29) is 0 Å². The maximum Gasteiger partial charge on any atom is 0.126 e. The molecule has 28 heavy (non-hydrogen) atoms. The van der Waals surface area contributed by atoms with Crippen molar-refractivity contribution in [3.63, 3.8) is 0 Å². The lowest BCUT2D eigenvalue weighted by Crippen LogP contribution is -2.03. The molecular formula is C23H25NO4. The zero-order chi connectivity index (χ0) is 19.9. The van der Waals surface area contributed by atoms with Gasteiger partial charge in [0.15, 0.2) is 0 Å². The van der Waals surface area contributed by atoms with Gasteiger partial charge in [0.25, 0.3) is 0 Å². The predicted octanol–water partition coefficient (Wildman–Crippen LogP) is 4.30. The monoisotopic (exact) mass is 379 g/mol. The van der Waals surface area contributed by atoms with Gasteiger partial charge in [-0.05, 0) is 29.3 Å². The fraction of sp³-hybridized carbons (Fsp3) is 0.261. The number of hydrogen-bond acceptors (Lipinski definition) is 5. The molecule has 5 nitrogen and oxygen atoms in total. The summed E-state index contributed by atoms with van der Waals surface area (Å²) in [4.78, 5) is 4.63. The minimum Gasteiger partial charge on any atom is -0.497 e. The van der Waals surface area contributed by atoms with Crippen LogP contribution < -0.4 is 18.9 Å². The highest BCUT2D eigenvalue weighted by Gasteiger charge is 2.13. The molecule has 0 amide bonds. The fourth-order valence-corrected chi connectivity index (χ4v) is 3.17. The molecule has 2 aromatic carbocycles. The van der Waals surface area contributed by atoms with Crippen molar-refractivity contribution in [3.05, 3.63) is 77.1 Å². The average Bonchev–Trinajstić information content (AvgIpc) is 2.75. The number of benzene rings is 2. The summed E-state index contributed by atoms with van der Waals surface area (Å²) < 4.78 is 21.7. The Morgan fingerprint density at radius 3 is 1.75 bits per heavy atom. The highest BCUT2D eigenvalue weighted by Crippen LogP contribution is 2.30. The molecule has 0 spiro atoms. The van der Waals surface area contributed by atoms with Crippen molar-refractivity contribution in [2.45, 2.75) is 12.8 Å². The molecule has 0 fully saturated rings. The molecule has 0 N–H and O–H groups in total. The van der Waals surface area contributed by atoms with Crippen molar-refractivity contribution in [2.75, 3.05) is 28.4 Å². The van der Waals surface area contributed by atoms with Crippen LogP contribution >= 0.6 is 0 Å². The molecule has 0 saturated heterocycles. The van der Waals surface area contributed by atoms with Crippen LogP contribution in [0, 0.1) is 0 Å². The summed E-state index contributed by atoms with van der Waals surface area (Å²) in [5.41, 5.74) is 4.29. The second-order valence-electron chi connectivity index (χ2n) is 6.32. The number of hydrogen-bond donors (Lipinski definition) is 0. The third-order valence-electron chi connectivity index (χ3n) is 4.71. The van der Waals surface area contributed by atoms with Crippen molar-refractivity contribution in [1.29, 1.82) is 0 Å². The van der Waals surface area contributed by atoms with E-state index in [2.05, 4.69) is 11.1 Å². The molecule has 3 aromatic rings. The van der Waals surface area contributed by atoms with Crippen molar-refractivity contribution in [1.82, 2.24) is 4.98 Å². The van der Waals surface area contributed by atoms with Crippen molar-refractivity contribution >= 4 is 0 Å². The first-order valence-electron chi connectivity index (χ1n) is 9.03. The molecular weight excluding hydrogens is 354 g/mol. The lowest BCUT2D eigenvalue weighted by atomic mass is 9.98. The Kier molecular flexibility index (Phi) is 6.37. The van der Waals surface area contributed by atoms with Gasteiger partial charge in [-0.3, -0.25) is 4.98 Å². The third-order valence-corrected chi connectivity index (χ3v) is 4.71. The van der Waals surface area contributed by atoms with Crippen LogP contribution in [-0.4, -0.2) is 33.4 Å². The van der Waals surface area contributed by atoms with Gasteiger partial charge < -0.3 is 18.9 Å². The zero-order valence-corrected chi connectivity index (χ0v) is 16.7. The number of pyridine rings is 1.